The number of rotatable bonds is 9. The van der Waals surface area contributed by atoms with Crippen LogP contribution in [0.15, 0.2) is 54.6 Å². The minimum Gasteiger partial charge on any atom is -0.438 e. The topological polar surface area (TPSA) is 87.7 Å². The van der Waals surface area contributed by atoms with Crippen molar-refractivity contribution >= 4 is 23.6 Å². The molecule has 0 saturated carbocycles. The van der Waals surface area contributed by atoms with Gasteiger partial charge in [0.15, 0.2) is 12.1 Å². The molecular weight excluding hydrogens is 418 g/mol. The zero-order valence-electron chi connectivity index (χ0n) is 19.7. The molecule has 1 aliphatic heterocycles. The summed E-state index contributed by atoms with van der Waals surface area (Å²) in [6, 6.07) is 15.8. The van der Waals surface area contributed by atoms with E-state index in [2.05, 4.69) is 10.6 Å². The number of benzene rings is 2. The molecule has 7 heteroatoms. The highest BCUT2D eigenvalue weighted by atomic mass is 16.6. The van der Waals surface area contributed by atoms with Gasteiger partial charge in [-0.05, 0) is 35.1 Å². The summed E-state index contributed by atoms with van der Waals surface area (Å²) in [5.74, 6) is 0.171. The van der Waals surface area contributed by atoms with Crippen molar-refractivity contribution in [3.05, 3.63) is 65.7 Å². The van der Waals surface area contributed by atoms with Crippen LogP contribution in [0.1, 0.15) is 51.3 Å². The van der Waals surface area contributed by atoms with E-state index >= 15 is 0 Å². The fourth-order valence-corrected chi connectivity index (χ4v) is 3.78. The molecule has 1 saturated heterocycles. The number of amides is 3. The molecule has 2 atom stereocenters. The van der Waals surface area contributed by atoms with Crippen molar-refractivity contribution < 1.29 is 19.1 Å². The summed E-state index contributed by atoms with van der Waals surface area (Å²) in [5, 5.41) is 5.84. The van der Waals surface area contributed by atoms with Crippen molar-refractivity contribution in [2.45, 2.75) is 52.8 Å². The standard InChI is InChI=1S/C26H33N3O4/c1-17(2)13-22(30)28-21-12-8-11-20(14-21)24-23(25(31)27-15-18(3)4)29(26(32)33-24)16-19-9-6-5-7-10-19/h5-12,14,17-18,23-24H,13,15-16H2,1-4H3,(H,27,31)(H,28,30)/t23-,24+/m1/s1. The largest absolute Gasteiger partial charge is 0.438 e. The molecular formula is C26H33N3O4. The lowest BCUT2D eigenvalue weighted by Gasteiger charge is -2.25. The molecule has 0 aliphatic carbocycles. The molecule has 1 aliphatic rings. The first-order valence-corrected chi connectivity index (χ1v) is 11.4. The Morgan fingerprint density at radius 3 is 2.39 bits per heavy atom. The lowest BCUT2D eigenvalue weighted by atomic mass is 9.99. The smallest absolute Gasteiger partial charge is 0.411 e. The zero-order valence-corrected chi connectivity index (χ0v) is 19.7. The van der Waals surface area contributed by atoms with Crippen molar-refractivity contribution in [1.29, 1.82) is 0 Å². The monoisotopic (exact) mass is 451 g/mol. The molecule has 7 nitrogen and oxygen atoms in total. The van der Waals surface area contributed by atoms with E-state index in [9.17, 15) is 14.4 Å². The number of ether oxygens (including phenoxy) is 1. The molecule has 3 amide bonds. The molecule has 2 aromatic rings. The predicted molar refractivity (Wildman–Crippen MR) is 127 cm³/mol. The van der Waals surface area contributed by atoms with Gasteiger partial charge in [0.05, 0.1) is 6.54 Å². The van der Waals surface area contributed by atoms with Gasteiger partial charge in [-0.3, -0.25) is 14.5 Å². The Labute approximate surface area is 195 Å². The molecule has 0 aromatic heterocycles. The molecule has 1 heterocycles. The fraction of sp³-hybridized carbons (Fsp3) is 0.423. The molecule has 2 N–H and O–H groups in total. The van der Waals surface area contributed by atoms with Crippen LogP contribution < -0.4 is 10.6 Å². The highest BCUT2D eigenvalue weighted by Gasteiger charge is 2.47. The predicted octanol–water partition coefficient (Wildman–Crippen LogP) is 4.51. The van der Waals surface area contributed by atoms with Crippen molar-refractivity contribution in [3.8, 4) is 0 Å². The summed E-state index contributed by atoms with van der Waals surface area (Å²) in [7, 11) is 0. The lowest BCUT2D eigenvalue weighted by Crippen LogP contribution is -2.47. The molecule has 1 fully saturated rings. The summed E-state index contributed by atoms with van der Waals surface area (Å²) in [6.07, 6.45) is -0.911. The van der Waals surface area contributed by atoms with Gasteiger partial charge < -0.3 is 15.4 Å². The Kier molecular flexibility index (Phi) is 8.09. The van der Waals surface area contributed by atoms with E-state index in [1.54, 1.807) is 18.2 Å². The van der Waals surface area contributed by atoms with E-state index in [4.69, 9.17) is 4.74 Å². The zero-order chi connectivity index (χ0) is 24.0. The average Bonchev–Trinajstić information content (AvgIpc) is 3.08. The Bertz CT molecular complexity index is 975. The van der Waals surface area contributed by atoms with E-state index in [0.29, 0.717) is 24.2 Å². The van der Waals surface area contributed by atoms with Gasteiger partial charge in [0.25, 0.3) is 0 Å². The molecule has 0 bridgehead atoms. The average molecular weight is 452 g/mol. The second kappa shape index (κ2) is 11.0. The summed E-state index contributed by atoms with van der Waals surface area (Å²) < 4.78 is 5.71. The molecule has 33 heavy (non-hydrogen) atoms. The van der Waals surface area contributed by atoms with Crippen LogP contribution in [0.5, 0.6) is 0 Å². The van der Waals surface area contributed by atoms with Gasteiger partial charge in [0.2, 0.25) is 11.8 Å². The maximum absolute atomic E-state index is 13.2. The maximum atomic E-state index is 13.2. The summed E-state index contributed by atoms with van der Waals surface area (Å²) >= 11 is 0. The first-order chi connectivity index (χ1) is 15.7. The van der Waals surface area contributed by atoms with E-state index in [-0.39, 0.29) is 30.2 Å². The third-order valence-corrected chi connectivity index (χ3v) is 5.33. The highest BCUT2D eigenvalue weighted by molar-refractivity contribution is 5.91. The van der Waals surface area contributed by atoms with Crippen LogP contribution in [0.3, 0.4) is 0 Å². The SMILES string of the molecule is CC(C)CNC(=O)[C@H]1[C@H](c2cccc(NC(=O)CC(C)C)c2)OC(=O)N1Cc1ccccc1. The van der Waals surface area contributed by atoms with Crippen LogP contribution >= 0.6 is 0 Å². The second-order valence-electron chi connectivity index (χ2n) is 9.27. The van der Waals surface area contributed by atoms with Crippen molar-refractivity contribution in [3.63, 3.8) is 0 Å². The van der Waals surface area contributed by atoms with E-state index < -0.39 is 18.2 Å². The van der Waals surface area contributed by atoms with Crippen LogP contribution in [0, 0.1) is 11.8 Å². The first kappa shape index (κ1) is 24.3. The van der Waals surface area contributed by atoms with Crippen LogP contribution in [0.4, 0.5) is 10.5 Å². The van der Waals surface area contributed by atoms with E-state index in [1.807, 2.05) is 64.1 Å². The number of carbonyl (C=O) groups is 3. The summed E-state index contributed by atoms with van der Waals surface area (Å²) in [4.78, 5) is 39.7. The molecule has 0 spiro atoms. The van der Waals surface area contributed by atoms with Gasteiger partial charge in [0, 0.05) is 18.7 Å². The number of hydrogen-bond donors (Lipinski definition) is 2. The van der Waals surface area contributed by atoms with Gasteiger partial charge in [-0.2, -0.15) is 0 Å². The number of nitrogens with one attached hydrogen (secondary N) is 2. The summed E-state index contributed by atoms with van der Waals surface area (Å²) in [5.41, 5.74) is 2.18. The number of cyclic esters (lactones) is 1. The second-order valence-corrected chi connectivity index (χ2v) is 9.27. The van der Waals surface area contributed by atoms with Gasteiger partial charge in [-0.25, -0.2) is 4.79 Å². The van der Waals surface area contributed by atoms with Crippen LogP contribution in [0.25, 0.3) is 0 Å². The summed E-state index contributed by atoms with van der Waals surface area (Å²) in [6.45, 7) is 8.76. The van der Waals surface area contributed by atoms with Gasteiger partial charge in [0.1, 0.15) is 0 Å². The Morgan fingerprint density at radius 1 is 1.00 bits per heavy atom. The quantitative estimate of drug-likeness (QED) is 0.587. The van der Waals surface area contributed by atoms with E-state index in [1.165, 1.54) is 4.90 Å². The minimum atomic E-state index is -0.821. The lowest BCUT2D eigenvalue weighted by molar-refractivity contribution is -0.126. The third kappa shape index (κ3) is 6.57. The molecule has 3 rings (SSSR count). The Morgan fingerprint density at radius 2 is 1.73 bits per heavy atom. The number of nitrogens with zero attached hydrogens (tertiary/aromatic N) is 1. The van der Waals surface area contributed by atoms with Gasteiger partial charge >= 0.3 is 6.09 Å². The molecule has 0 unspecified atom stereocenters. The number of anilines is 1. The van der Waals surface area contributed by atoms with Crippen molar-refractivity contribution in [2.24, 2.45) is 11.8 Å². The third-order valence-electron chi connectivity index (χ3n) is 5.33. The Hall–Kier alpha value is -3.35. The van der Waals surface area contributed by atoms with Crippen LogP contribution in [-0.2, 0) is 20.9 Å². The molecule has 0 radical (unpaired) electrons. The van der Waals surface area contributed by atoms with Crippen LogP contribution in [0.2, 0.25) is 0 Å². The first-order valence-electron chi connectivity index (χ1n) is 11.4. The normalized spacial score (nSPS) is 17.9. The fourth-order valence-electron chi connectivity index (χ4n) is 3.78. The van der Waals surface area contributed by atoms with Gasteiger partial charge in [-0.1, -0.05) is 70.2 Å². The van der Waals surface area contributed by atoms with E-state index in [0.717, 1.165) is 5.56 Å². The van der Waals surface area contributed by atoms with Crippen LogP contribution in [-0.4, -0.2) is 35.4 Å². The highest BCUT2D eigenvalue weighted by Crippen LogP contribution is 2.35. The number of hydrogen-bond acceptors (Lipinski definition) is 4. The van der Waals surface area contributed by atoms with Crippen molar-refractivity contribution in [1.82, 2.24) is 10.2 Å². The van der Waals surface area contributed by atoms with Crippen molar-refractivity contribution in [2.75, 3.05) is 11.9 Å². The maximum Gasteiger partial charge on any atom is 0.411 e. The Balaban J connectivity index is 1.87. The number of carbonyl (C=O) groups excluding carboxylic acids is 3. The molecule has 176 valence electrons. The molecule has 2 aromatic carbocycles. The minimum absolute atomic E-state index is 0.0810. The van der Waals surface area contributed by atoms with Gasteiger partial charge in [-0.15, -0.1) is 0 Å².